The lowest BCUT2D eigenvalue weighted by atomic mass is 9.97. The average Bonchev–Trinajstić information content (AvgIpc) is 3.27. The number of amides is 1. The third kappa shape index (κ3) is 4.16. The SMILES string of the molecule is Cc1cc2oc(=O)cc(COC(=O)C3CCN(C(=O)c4cccs4)CC3)c2cc1C. The van der Waals surface area contributed by atoms with E-state index in [-0.39, 0.29) is 24.4 Å². The summed E-state index contributed by atoms with van der Waals surface area (Å²) in [6.45, 7) is 5.04. The van der Waals surface area contributed by atoms with Crippen molar-refractivity contribution >= 4 is 34.2 Å². The largest absolute Gasteiger partial charge is 0.461 e. The van der Waals surface area contributed by atoms with Gasteiger partial charge in [0.25, 0.3) is 5.91 Å². The van der Waals surface area contributed by atoms with E-state index in [1.54, 1.807) is 4.90 Å². The molecule has 1 aliphatic rings. The summed E-state index contributed by atoms with van der Waals surface area (Å²) in [6, 6.07) is 8.84. The van der Waals surface area contributed by atoms with Crippen LogP contribution in [0.15, 0.2) is 44.9 Å². The summed E-state index contributed by atoms with van der Waals surface area (Å²) in [5.41, 5.74) is 2.78. The molecule has 7 heteroatoms. The van der Waals surface area contributed by atoms with E-state index < -0.39 is 5.63 Å². The smallest absolute Gasteiger partial charge is 0.336 e. The normalized spacial score (nSPS) is 14.8. The van der Waals surface area contributed by atoms with Gasteiger partial charge in [0.1, 0.15) is 12.2 Å². The molecule has 0 unspecified atom stereocenters. The molecule has 0 N–H and O–H groups in total. The Morgan fingerprint density at radius 1 is 1.17 bits per heavy atom. The zero-order valence-electron chi connectivity index (χ0n) is 17.0. The van der Waals surface area contributed by atoms with Crippen molar-refractivity contribution in [3.05, 3.63) is 67.7 Å². The predicted octanol–water partition coefficient (Wildman–Crippen LogP) is 4.07. The van der Waals surface area contributed by atoms with Gasteiger partial charge < -0.3 is 14.1 Å². The van der Waals surface area contributed by atoms with Gasteiger partial charge in [-0.1, -0.05) is 6.07 Å². The number of esters is 1. The van der Waals surface area contributed by atoms with Crippen LogP contribution >= 0.6 is 11.3 Å². The van der Waals surface area contributed by atoms with E-state index in [1.165, 1.54) is 17.4 Å². The van der Waals surface area contributed by atoms with Gasteiger partial charge in [-0.15, -0.1) is 11.3 Å². The molecule has 6 nitrogen and oxygen atoms in total. The maximum absolute atomic E-state index is 12.6. The molecule has 3 aromatic rings. The maximum atomic E-state index is 12.6. The van der Waals surface area contributed by atoms with Gasteiger partial charge in [-0.2, -0.15) is 0 Å². The second kappa shape index (κ2) is 8.44. The van der Waals surface area contributed by atoms with Crippen LogP contribution in [0.25, 0.3) is 11.0 Å². The molecule has 0 atom stereocenters. The molecule has 1 fully saturated rings. The first-order chi connectivity index (χ1) is 14.4. The number of aryl methyl sites for hydroxylation is 2. The van der Waals surface area contributed by atoms with E-state index in [9.17, 15) is 14.4 Å². The Kier molecular flexibility index (Phi) is 5.72. The summed E-state index contributed by atoms with van der Waals surface area (Å²) in [5.74, 6) is -0.513. The number of rotatable bonds is 4. The van der Waals surface area contributed by atoms with Crippen molar-refractivity contribution < 1.29 is 18.7 Å². The Morgan fingerprint density at radius 2 is 1.90 bits per heavy atom. The number of nitrogens with zero attached hydrogens (tertiary/aromatic N) is 1. The molecule has 156 valence electrons. The zero-order valence-corrected chi connectivity index (χ0v) is 17.8. The van der Waals surface area contributed by atoms with Gasteiger partial charge in [0.05, 0.1) is 10.8 Å². The zero-order chi connectivity index (χ0) is 21.3. The van der Waals surface area contributed by atoms with Crippen molar-refractivity contribution in [2.24, 2.45) is 5.92 Å². The number of benzene rings is 1. The number of carbonyl (C=O) groups is 2. The van der Waals surface area contributed by atoms with Crippen molar-refractivity contribution in [2.75, 3.05) is 13.1 Å². The summed E-state index contributed by atoms with van der Waals surface area (Å²) in [7, 11) is 0. The average molecular weight is 426 g/mol. The highest BCUT2D eigenvalue weighted by molar-refractivity contribution is 7.12. The molecule has 2 aromatic heterocycles. The first kappa shape index (κ1) is 20.3. The molecular formula is C23H23NO5S. The summed E-state index contributed by atoms with van der Waals surface area (Å²) >= 11 is 1.43. The molecule has 3 heterocycles. The Bertz CT molecular complexity index is 1140. The van der Waals surface area contributed by atoms with Gasteiger partial charge >= 0.3 is 11.6 Å². The number of ether oxygens (including phenoxy) is 1. The van der Waals surface area contributed by atoms with Crippen LogP contribution in [0, 0.1) is 19.8 Å². The first-order valence-electron chi connectivity index (χ1n) is 9.96. The molecule has 4 rings (SSSR count). The summed E-state index contributed by atoms with van der Waals surface area (Å²) in [5, 5.41) is 2.66. The summed E-state index contributed by atoms with van der Waals surface area (Å²) in [4.78, 5) is 39.4. The minimum absolute atomic E-state index is 0.0185. The van der Waals surface area contributed by atoms with Crippen LogP contribution in [0.4, 0.5) is 0 Å². The highest BCUT2D eigenvalue weighted by Crippen LogP contribution is 2.25. The number of hydrogen-bond donors (Lipinski definition) is 0. The molecule has 1 aromatic carbocycles. The lowest BCUT2D eigenvalue weighted by molar-refractivity contribution is -0.151. The Balaban J connectivity index is 1.39. The van der Waals surface area contributed by atoms with Crippen LogP contribution in [0.1, 0.15) is 39.2 Å². The second-order valence-electron chi connectivity index (χ2n) is 7.67. The lowest BCUT2D eigenvalue weighted by Gasteiger charge is -2.30. The molecule has 1 amide bonds. The Hall–Kier alpha value is -2.93. The summed E-state index contributed by atoms with van der Waals surface area (Å²) in [6.07, 6.45) is 1.15. The molecule has 30 heavy (non-hydrogen) atoms. The molecule has 0 radical (unpaired) electrons. The van der Waals surface area contributed by atoms with E-state index in [0.717, 1.165) is 21.4 Å². The second-order valence-corrected chi connectivity index (χ2v) is 8.62. The standard InChI is InChI=1S/C23H23NO5S/c1-14-10-18-17(12-21(25)29-19(18)11-15(14)2)13-28-23(27)16-5-7-24(8-6-16)22(26)20-4-3-9-30-20/h3-4,9-12,16H,5-8,13H2,1-2H3. The van der Waals surface area contributed by atoms with Crippen LogP contribution in [0.2, 0.25) is 0 Å². The molecule has 0 bridgehead atoms. The molecule has 1 saturated heterocycles. The van der Waals surface area contributed by atoms with Crippen molar-refractivity contribution in [1.29, 1.82) is 0 Å². The Labute approximate surface area is 178 Å². The van der Waals surface area contributed by atoms with Gasteiger partial charge in [-0.25, -0.2) is 4.79 Å². The third-order valence-corrected chi connectivity index (χ3v) is 6.52. The molecule has 0 spiro atoms. The first-order valence-corrected chi connectivity index (χ1v) is 10.8. The number of piperidine rings is 1. The van der Waals surface area contributed by atoms with Gasteiger partial charge in [-0.05, 0) is 61.4 Å². The van der Waals surface area contributed by atoms with E-state index >= 15 is 0 Å². The highest BCUT2D eigenvalue weighted by Gasteiger charge is 2.29. The number of carbonyl (C=O) groups excluding carboxylic acids is 2. The number of likely N-dealkylation sites (tertiary alicyclic amines) is 1. The summed E-state index contributed by atoms with van der Waals surface area (Å²) < 4.78 is 10.8. The number of fused-ring (bicyclic) bond motifs is 1. The topological polar surface area (TPSA) is 76.8 Å². The minimum Gasteiger partial charge on any atom is -0.461 e. The lowest BCUT2D eigenvalue weighted by Crippen LogP contribution is -2.40. The van der Waals surface area contributed by atoms with Crippen LogP contribution in [-0.2, 0) is 16.1 Å². The monoisotopic (exact) mass is 425 g/mol. The van der Waals surface area contributed by atoms with Gasteiger partial charge in [0.15, 0.2) is 0 Å². The minimum atomic E-state index is -0.461. The Morgan fingerprint density at radius 3 is 2.60 bits per heavy atom. The van der Waals surface area contributed by atoms with E-state index in [4.69, 9.17) is 9.15 Å². The van der Waals surface area contributed by atoms with Crippen LogP contribution in [-0.4, -0.2) is 29.9 Å². The third-order valence-electron chi connectivity index (χ3n) is 5.66. The number of hydrogen-bond acceptors (Lipinski definition) is 6. The van der Waals surface area contributed by atoms with Crippen LogP contribution in [0.3, 0.4) is 0 Å². The van der Waals surface area contributed by atoms with Crippen molar-refractivity contribution in [3.8, 4) is 0 Å². The molecule has 0 saturated carbocycles. The van der Waals surface area contributed by atoms with Gasteiger partial charge in [0.2, 0.25) is 0 Å². The van der Waals surface area contributed by atoms with Crippen molar-refractivity contribution in [2.45, 2.75) is 33.3 Å². The fourth-order valence-electron chi connectivity index (χ4n) is 3.74. The molecule has 0 aliphatic carbocycles. The van der Waals surface area contributed by atoms with Crippen molar-refractivity contribution in [1.82, 2.24) is 4.90 Å². The van der Waals surface area contributed by atoms with E-state index in [1.807, 2.05) is 43.5 Å². The van der Waals surface area contributed by atoms with E-state index in [2.05, 4.69) is 0 Å². The predicted molar refractivity (Wildman–Crippen MR) is 115 cm³/mol. The number of thiophene rings is 1. The van der Waals surface area contributed by atoms with E-state index in [0.29, 0.717) is 37.1 Å². The van der Waals surface area contributed by atoms with Gasteiger partial charge in [0, 0.05) is 30.1 Å². The molecular weight excluding hydrogens is 402 g/mol. The van der Waals surface area contributed by atoms with Crippen molar-refractivity contribution in [3.63, 3.8) is 0 Å². The fraction of sp³-hybridized carbons (Fsp3) is 0.348. The maximum Gasteiger partial charge on any atom is 0.336 e. The highest BCUT2D eigenvalue weighted by atomic mass is 32.1. The quantitative estimate of drug-likeness (QED) is 0.465. The van der Waals surface area contributed by atoms with Gasteiger partial charge in [-0.3, -0.25) is 9.59 Å². The van der Waals surface area contributed by atoms with Crippen LogP contribution < -0.4 is 5.63 Å². The van der Waals surface area contributed by atoms with Crippen LogP contribution in [0.5, 0.6) is 0 Å². The molecule has 1 aliphatic heterocycles. The fourth-order valence-corrected chi connectivity index (χ4v) is 4.43.